The first-order chi connectivity index (χ1) is 15.1. The van der Waals surface area contributed by atoms with Gasteiger partial charge in [0.25, 0.3) is 11.8 Å². The van der Waals surface area contributed by atoms with Crippen LogP contribution in [0.4, 0.5) is 11.4 Å². The lowest BCUT2D eigenvalue weighted by atomic mass is 10.1. The molecule has 1 saturated heterocycles. The smallest absolute Gasteiger partial charge is 0.291 e. The highest BCUT2D eigenvalue weighted by Gasteiger charge is 2.17. The zero-order valence-corrected chi connectivity index (χ0v) is 17.5. The molecule has 1 aliphatic heterocycles. The highest BCUT2D eigenvalue weighted by atomic mass is 16.3. The van der Waals surface area contributed by atoms with E-state index in [2.05, 4.69) is 39.6 Å². The third-order valence-corrected chi connectivity index (χ3v) is 5.42. The van der Waals surface area contributed by atoms with E-state index in [0.29, 0.717) is 17.8 Å². The predicted octanol–water partition coefficient (Wildman–Crippen LogP) is 3.21. The molecular formula is C24H26N4O3. The highest BCUT2D eigenvalue weighted by molar-refractivity contribution is 6.02. The lowest BCUT2D eigenvalue weighted by molar-refractivity contribution is 0.0950. The Bertz CT molecular complexity index is 1020. The molecule has 31 heavy (non-hydrogen) atoms. The molecule has 1 aliphatic rings. The molecule has 0 radical (unpaired) electrons. The maximum absolute atomic E-state index is 12.6. The van der Waals surface area contributed by atoms with E-state index in [1.165, 1.54) is 12.0 Å². The largest absolute Gasteiger partial charge is 0.459 e. The minimum atomic E-state index is -0.331. The van der Waals surface area contributed by atoms with Crippen molar-refractivity contribution in [1.82, 2.24) is 10.2 Å². The maximum Gasteiger partial charge on any atom is 0.291 e. The summed E-state index contributed by atoms with van der Waals surface area (Å²) in [7, 11) is 2.14. The first-order valence-corrected chi connectivity index (χ1v) is 10.3. The van der Waals surface area contributed by atoms with Gasteiger partial charge in [0.2, 0.25) is 0 Å². The van der Waals surface area contributed by atoms with E-state index in [1.54, 1.807) is 36.4 Å². The average Bonchev–Trinajstić information content (AvgIpc) is 3.34. The number of nitrogens with zero attached hydrogens (tertiary/aromatic N) is 2. The molecule has 0 spiro atoms. The molecule has 2 aromatic carbocycles. The van der Waals surface area contributed by atoms with E-state index in [9.17, 15) is 9.59 Å². The number of furan rings is 1. The number of carbonyl (C=O) groups excluding carboxylic acids is 2. The normalized spacial score (nSPS) is 14.3. The van der Waals surface area contributed by atoms with Crippen LogP contribution in [0.1, 0.15) is 26.5 Å². The van der Waals surface area contributed by atoms with Crippen molar-refractivity contribution in [2.75, 3.05) is 43.4 Å². The van der Waals surface area contributed by atoms with Crippen molar-refractivity contribution in [2.45, 2.75) is 6.54 Å². The molecule has 2 heterocycles. The fourth-order valence-electron chi connectivity index (χ4n) is 3.60. The summed E-state index contributed by atoms with van der Waals surface area (Å²) >= 11 is 0. The van der Waals surface area contributed by atoms with Crippen molar-refractivity contribution in [3.8, 4) is 0 Å². The van der Waals surface area contributed by atoms with Crippen molar-refractivity contribution >= 4 is 23.2 Å². The summed E-state index contributed by atoms with van der Waals surface area (Å²) in [6, 6.07) is 18.2. The summed E-state index contributed by atoms with van der Waals surface area (Å²) < 4.78 is 5.08. The SMILES string of the molecule is CN1CCN(c2ccccc2CNC(=O)c2ccc(NC(=O)c3ccco3)cc2)CC1. The van der Waals surface area contributed by atoms with Crippen LogP contribution in [0.15, 0.2) is 71.3 Å². The van der Waals surface area contributed by atoms with E-state index < -0.39 is 0 Å². The highest BCUT2D eigenvalue weighted by Crippen LogP contribution is 2.22. The molecule has 3 aromatic rings. The zero-order valence-electron chi connectivity index (χ0n) is 17.5. The Morgan fingerprint density at radius 1 is 0.903 bits per heavy atom. The van der Waals surface area contributed by atoms with Gasteiger partial charge >= 0.3 is 0 Å². The summed E-state index contributed by atoms with van der Waals surface area (Å²) in [6.45, 7) is 4.48. The molecule has 2 N–H and O–H groups in total. The first kappa shape index (κ1) is 20.7. The Kier molecular flexibility index (Phi) is 6.33. The summed E-state index contributed by atoms with van der Waals surface area (Å²) in [5, 5.41) is 5.75. The Morgan fingerprint density at radius 3 is 2.35 bits per heavy atom. The lowest BCUT2D eigenvalue weighted by Crippen LogP contribution is -2.45. The van der Waals surface area contributed by atoms with Crippen molar-refractivity contribution in [3.05, 3.63) is 83.8 Å². The van der Waals surface area contributed by atoms with Crippen LogP contribution in [0, 0.1) is 0 Å². The molecule has 0 unspecified atom stereocenters. The van der Waals surface area contributed by atoms with Gasteiger partial charge in [-0.2, -0.15) is 0 Å². The molecule has 7 heteroatoms. The number of nitrogens with one attached hydrogen (secondary N) is 2. The number of hydrogen-bond donors (Lipinski definition) is 2. The fraction of sp³-hybridized carbons (Fsp3) is 0.250. The van der Waals surface area contributed by atoms with Crippen LogP contribution in [0.2, 0.25) is 0 Å². The van der Waals surface area contributed by atoms with Gasteiger partial charge < -0.3 is 24.9 Å². The molecule has 0 bridgehead atoms. The van der Waals surface area contributed by atoms with E-state index in [4.69, 9.17) is 4.42 Å². The molecule has 1 fully saturated rings. The van der Waals surface area contributed by atoms with E-state index in [-0.39, 0.29) is 17.6 Å². The van der Waals surface area contributed by atoms with Gasteiger partial charge in [0, 0.05) is 49.7 Å². The van der Waals surface area contributed by atoms with Crippen molar-refractivity contribution in [3.63, 3.8) is 0 Å². The van der Waals surface area contributed by atoms with Crippen LogP contribution in [-0.4, -0.2) is 49.9 Å². The van der Waals surface area contributed by atoms with Gasteiger partial charge in [-0.1, -0.05) is 18.2 Å². The summed E-state index contributed by atoms with van der Waals surface area (Å²) in [5.41, 5.74) is 3.40. The second-order valence-corrected chi connectivity index (χ2v) is 7.61. The van der Waals surface area contributed by atoms with Crippen molar-refractivity contribution < 1.29 is 14.0 Å². The topological polar surface area (TPSA) is 77.8 Å². The van der Waals surface area contributed by atoms with Crippen LogP contribution in [0.25, 0.3) is 0 Å². The van der Waals surface area contributed by atoms with Crippen LogP contribution in [0.5, 0.6) is 0 Å². The average molecular weight is 418 g/mol. The molecule has 0 saturated carbocycles. The molecule has 7 nitrogen and oxygen atoms in total. The number of piperazine rings is 1. The van der Waals surface area contributed by atoms with Gasteiger partial charge in [-0.3, -0.25) is 9.59 Å². The van der Waals surface area contributed by atoms with Gasteiger partial charge in [0.1, 0.15) is 0 Å². The first-order valence-electron chi connectivity index (χ1n) is 10.3. The van der Waals surface area contributed by atoms with Gasteiger partial charge in [-0.25, -0.2) is 0 Å². The van der Waals surface area contributed by atoms with Gasteiger partial charge in [-0.15, -0.1) is 0 Å². The van der Waals surface area contributed by atoms with Crippen molar-refractivity contribution in [2.24, 2.45) is 0 Å². The lowest BCUT2D eigenvalue weighted by Gasteiger charge is -2.35. The Labute approximate surface area is 181 Å². The van der Waals surface area contributed by atoms with Crippen LogP contribution in [0.3, 0.4) is 0 Å². The van der Waals surface area contributed by atoms with Gasteiger partial charge in [-0.05, 0) is 55.1 Å². The number of anilines is 2. The number of hydrogen-bond acceptors (Lipinski definition) is 5. The third-order valence-electron chi connectivity index (χ3n) is 5.42. The van der Waals surface area contributed by atoms with E-state index in [0.717, 1.165) is 31.7 Å². The number of rotatable bonds is 6. The van der Waals surface area contributed by atoms with E-state index in [1.807, 2.05) is 12.1 Å². The Morgan fingerprint density at radius 2 is 1.65 bits per heavy atom. The number of para-hydroxylation sites is 1. The number of likely N-dealkylation sites (N-methyl/N-ethyl adjacent to an activating group) is 1. The molecule has 2 amide bonds. The zero-order chi connectivity index (χ0) is 21.6. The summed E-state index contributed by atoms with van der Waals surface area (Å²) in [4.78, 5) is 29.4. The van der Waals surface area contributed by atoms with Crippen LogP contribution < -0.4 is 15.5 Å². The predicted molar refractivity (Wildman–Crippen MR) is 120 cm³/mol. The second kappa shape index (κ2) is 9.49. The van der Waals surface area contributed by atoms with Crippen LogP contribution in [-0.2, 0) is 6.54 Å². The molecule has 0 atom stereocenters. The summed E-state index contributed by atoms with van der Waals surface area (Å²) in [5.74, 6) is -0.249. The monoisotopic (exact) mass is 418 g/mol. The Balaban J connectivity index is 1.35. The molecular weight excluding hydrogens is 392 g/mol. The number of benzene rings is 2. The van der Waals surface area contributed by atoms with Crippen LogP contribution >= 0.6 is 0 Å². The van der Waals surface area contributed by atoms with Crippen molar-refractivity contribution in [1.29, 1.82) is 0 Å². The molecule has 0 aliphatic carbocycles. The third kappa shape index (κ3) is 5.13. The Hall–Kier alpha value is -3.58. The maximum atomic E-state index is 12.6. The quantitative estimate of drug-likeness (QED) is 0.643. The summed E-state index contributed by atoms with van der Waals surface area (Å²) in [6.07, 6.45) is 1.45. The minimum absolute atomic E-state index is 0.155. The standard InChI is InChI=1S/C24H26N4O3/c1-27-12-14-28(15-13-27)21-6-3-2-5-19(21)17-25-23(29)18-8-10-20(11-9-18)26-24(30)22-7-4-16-31-22/h2-11,16H,12-15,17H2,1H3,(H,25,29)(H,26,30). The second-order valence-electron chi connectivity index (χ2n) is 7.61. The number of amides is 2. The van der Waals surface area contributed by atoms with Gasteiger partial charge in [0.15, 0.2) is 5.76 Å². The molecule has 1 aromatic heterocycles. The minimum Gasteiger partial charge on any atom is -0.459 e. The van der Waals surface area contributed by atoms with E-state index >= 15 is 0 Å². The number of carbonyl (C=O) groups is 2. The fourth-order valence-corrected chi connectivity index (χ4v) is 3.60. The molecule has 4 rings (SSSR count). The van der Waals surface area contributed by atoms with Gasteiger partial charge in [0.05, 0.1) is 6.26 Å². The molecule has 160 valence electrons.